The summed E-state index contributed by atoms with van der Waals surface area (Å²) in [6, 6.07) is -3.40. The molecule has 0 bridgehead atoms. The van der Waals surface area contributed by atoms with Crippen molar-refractivity contribution in [2.45, 2.75) is 56.3 Å². The molecule has 4 unspecified atom stereocenters. The van der Waals surface area contributed by atoms with Crippen molar-refractivity contribution in [2.75, 3.05) is 24.6 Å². The van der Waals surface area contributed by atoms with Crippen LogP contribution in [0.5, 0.6) is 0 Å². The predicted octanol–water partition coefficient (Wildman–Crippen LogP) is -1.73. The Morgan fingerprint density at radius 1 is 1.00 bits per heavy atom. The Hall–Kier alpha value is -1.50. The number of rotatable bonds is 13. The van der Waals surface area contributed by atoms with Gasteiger partial charge >= 0.3 is 5.97 Å². The molecular weight excluding hydrogens is 418 g/mol. The van der Waals surface area contributed by atoms with Gasteiger partial charge in [0.15, 0.2) is 0 Å². The van der Waals surface area contributed by atoms with E-state index in [1.54, 1.807) is 0 Å². The number of unbranched alkanes of at least 4 members (excludes halogenated alkanes) is 1. The number of thiol groups is 2. The van der Waals surface area contributed by atoms with E-state index in [-0.39, 0.29) is 23.5 Å². The molecule has 0 radical (unpaired) electrons. The fraction of sp³-hybridized carbons (Fsp3) is 0.765. The molecule has 1 aliphatic heterocycles. The van der Waals surface area contributed by atoms with Crippen LogP contribution >= 0.6 is 25.3 Å². The first kappa shape index (κ1) is 25.5. The summed E-state index contributed by atoms with van der Waals surface area (Å²) in [6.45, 7) is 1.22. The van der Waals surface area contributed by atoms with Gasteiger partial charge in [-0.05, 0) is 45.2 Å². The largest absolute Gasteiger partial charge is 0.480 e. The summed E-state index contributed by atoms with van der Waals surface area (Å²) in [5, 5.41) is 19.7. The van der Waals surface area contributed by atoms with Crippen LogP contribution in [0.15, 0.2) is 0 Å². The van der Waals surface area contributed by atoms with Crippen LogP contribution in [0.25, 0.3) is 0 Å². The van der Waals surface area contributed by atoms with Gasteiger partial charge in [-0.25, -0.2) is 4.79 Å². The number of amides is 3. The molecule has 3 amide bonds. The van der Waals surface area contributed by atoms with Gasteiger partial charge in [-0.2, -0.15) is 25.3 Å². The maximum Gasteiger partial charge on any atom is 0.327 e. The maximum absolute atomic E-state index is 12.7. The van der Waals surface area contributed by atoms with Crippen LogP contribution in [0.1, 0.15) is 32.1 Å². The van der Waals surface area contributed by atoms with Crippen molar-refractivity contribution in [2.24, 2.45) is 5.73 Å². The molecule has 0 aromatic carbocycles. The van der Waals surface area contributed by atoms with Crippen LogP contribution in [0.2, 0.25) is 0 Å². The molecule has 1 rings (SSSR count). The molecule has 10 nitrogen and oxygen atoms in total. The standard InChI is InChI=1S/C17H31N5O5S2/c18-6-2-1-4-11(20-14(23)10-5-3-7-19-10)15(24)21-12(8-28)16(25)22-13(9-29)17(26)27/h10-13,19,28-29H,1-9,18H2,(H,20,23)(H,21,24)(H,22,25)(H,26,27). The van der Waals surface area contributed by atoms with Crippen LogP contribution < -0.4 is 27.0 Å². The number of nitrogens with two attached hydrogens (primary N) is 1. The fourth-order valence-corrected chi connectivity index (χ4v) is 3.37. The normalized spacial score (nSPS) is 19.1. The number of carboxylic acids is 1. The summed E-state index contributed by atoms with van der Waals surface area (Å²) >= 11 is 7.96. The van der Waals surface area contributed by atoms with Crippen molar-refractivity contribution >= 4 is 48.9 Å². The topological polar surface area (TPSA) is 163 Å². The second-order valence-electron chi connectivity index (χ2n) is 6.82. The first-order valence-corrected chi connectivity index (χ1v) is 10.9. The Morgan fingerprint density at radius 3 is 2.14 bits per heavy atom. The third-order valence-corrected chi connectivity index (χ3v) is 5.30. The molecule has 29 heavy (non-hydrogen) atoms. The van der Waals surface area contributed by atoms with Crippen molar-refractivity contribution < 1.29 is 24.3 Å². The fourth-order valence-electron chi connectivity index (χ4n) is 2.87. The van der Waals surface area contributed by atoms with E-state index in [0.717, 1.165) is 13.0 Å². The van der Waals surface area contributed by atoms with E-state index in [1.165, 1.54) is 0 Å². The summed E-state index contributed by atoms with van der Waals surface area (Å²) in [5.74, 6) is -2.83. The van der Waals surface area contributed by atoms with Crippen LogP contribution in [0.3, 0.4) is 0 Å². The van der Waals surface area contributed by atoms with Crippen molar-refractivity contribution in [1.29, 1.82) is 0 Å². The molecule has 1 fully saturated rings. The summed E-state index contributed by atoms with van der Waals surface area (Å²) in [4.78, 5) is 48.5. The van der Waals surface area contributed by atoms with Gasteiger partial charge < -0.3 is 32.1 Å². The second kappa shape index (κ2) is 13.7. The monoisotopic (exact) mass is 449 g/mol. The van der Waals surface area contributed by atoms with Gasteiger partial charge in [0.1, 0.15) is 18.1 Å². The Labute approximate surface area is 181 Å². The minimum absolute atomic E-state index is 0.0376. The molecule has 166 valence electrons. The molecule has 1 saturated heterocycles. The average molecular weight is 450 g/mol. The minimum atomic E-state index is -1.23. The van der Waals surface area contributed by atoms with Crippen LogP contribution in [-0.4, -0.2) is 77.6 Å². The number of carbonyl (C=O) groups is 4. The molecule has 12 heteroatoms. The highest BCUT2D eigenvalue weighted by molar-refractivity contribution is 7.80. The zero-order valence-corrected chi connectivity index (χ0v) is 18.0. The van der Waals surface area contributed by atoms with Gasteiger partial charge in [-0.15, -0.1) is 0 Å². The molecule has 0 aromatic heterocycles. The quantitative estimate of drug-likeness (QED) is 0.122. The molecule has 0 aromatic rings. The lowest BCUT2D eigenvalue weighted by Crippen LogP contribution is -2.57. The molecule has 0 saturated carbocycles. The molecule has 7 N–H and O–H groups in total. The van der Waals surface area contributed by atoms with Gasteiger partial charge in [0.2, 0.25) is 17.7 Å². The Kier molecular flexibility index (Phi) is 12.0. The van der Waals surface area contributed by atoms with Gasteiger partial charge in [0.05, 0.1) is 6.04 Å². The molecule has 1 aliphatic rings. The molecule has 0 spiro atoms. The smallest absolute Gasteiger partial charge is 0.327 e. The van der Waals surface area contributed by atoms with E-state index in [2.05, 4.69) is 46.5 Å². The highest BCUT2D eigenvalue weighted by Gasteiger charge is 2.30. The van der Waals surface area contributed by atoms with Gasteiger partial charge in [-0.3, -0.25) is 14.4 Å². The first-order valence-electron chi connectivity index (χ1n) is 9.63. The van der Waals surface area contributed by atoms with E-state index in [9.17, 15) is 19.2 Å². The van der Waals surface area contributed by atoms with Gasteiger partial charge in [0, 0.05) is 11.5 Å². The SMILES string of the molecule is NCCCCC(NC(=O)C1CCCN1)C(=O)NC(CS)C(=O)NC(CS)C(=O)O. The summed E-state index contributed by atoms with van der Waals surface area (Å²) < 4.78 is 0. The summed E-state index contributed by atoms with van der Waals surface area (Å²) in [5.41, 5.74) is 5.50. The minimum Gasteiger partial charge on any atom is -0.480 e. The van der Waals surface area contributed by atoms with E-state index in [1.807, 2.05) is 0 Å². The average Bonchev–Trinajstić information content (AvgIpc) is 3.23. The molecular formula is C17H31N5O5S2. The number of aliphatic carboxylic acids is 1. The van der Waals surface area contributed by atoms with E-state index in [0.29, 0.717) is 32.2 Å². The van der Waals surface area contributed by atoms with E-state index in [4.69, 9.17) is 10.8 Å². The van der Waals surface area contributed by atoms with Crippen LogP contribution in [0, 0.1) is 0 Å². The third kappa shape index (κ3) is 8.81. The van der Waals surface area contributed by atoms with Crippen LogP contribution in [0.4, 0.5) is 0 Å². The Morgan fingerprint density at radius 2 is 1.62 bits per heavy atom. The second-order valence-corrected chi connectivity index (χ2v) is 7.55. The van der Waals surface area contributed by atoms with Crippen LogP contribution in [-0.2, 0) is 19.2 Å². The summed E-state index contributed by atoms with van der Waals surface area (Å²) in [7, 11) is 0. The Bertz CT molecular complexity index is 574. The van der Waals surface area contributed by atoms with Crippen molar-refractivity contribution in [3.8, 4) is 0 Å². The van der Waals surface area contributed by atoms with Gasteiger partial charge in [0.25, 0.3) is 0 Å². The molecule has 4 atom stereocenters. The molecule has 0 aliphatic carbocycles. The third-order valence-electron chi connectivity index (χ3n) is 4.57. The zero-order valence-electron chi connectivity index (χ0n) is 16.2. The maximum atomic E-state index is 12.7. The number of hydrogen-bond acceptors (Lipinski definition) is 8. The highest BCUT2D eigenvalue weighted by atomic mass is 32.1. The van der Waals surface area contributed by atoms with E-state index >= 15 is 0 Å². The number of carboxylic acid groups (broad SMARTS) is 1. The molecule has 1 heterocycles. The van der Waals surface area contributed by atoms with Crippen molar-refractivity contribution in [1.82, 2.24) is 21.3 Å². The lowest BCUT2D eigenvalue weighted by atomic mass is 10.1. The lowest BCUT2D eigenvalue weighted by molar-refractivity contribution is -0.141. The highest BCUT2D eigenvalue weighted by Crippen LogP contribution is 2.08. The first-order chi connectivity index (χ1) is 13.8. The van der Waals surface area contributed by atoms with E-state index < -0.39 is 35.9 Å². The van der Waals surface area contributed by atoms with Gasteiger partial charge in [-0.1, -0.05) is 0 Å². The van der Waals surface area contributed by atoms with Crippen molar-refractivity contribution in [3.05, 3.63) is 0 Å². The Balaban J connectivity index is 2.74. The number of carbonyl (C=O) groups excluding carboxylic acids is 3. The van der Waals surface area contributed by atoms with Crippen molar-refractivity contribution in [3.63, 3.8) is 0 Å². The zero-order chi connectivity index (χ0) is 21.8. The predicted molar refractivity (Wildman–Crippen MR) is 115 cm³/mol. The lowest BCUT2D eigenvalue weighted by Gasteiger charge is -2.24. The number of hydrogen-bond donors (Lipinski definition) is 8. The summed E-state index contributed by atoms with van der Waals surface area (Å²) in [6.07, 6.45) is 3.28. The number of nitrogens with one attached hydrogen (secondary N) is 4.